The summed E-state index contributed by atoms with van der Waals surface area (Å²) in [6.45, 7) is 9.20. The normalized spacial score (nSPS) is 18.2. The fourth-order valence-corrected chi connectivity index (χ4v) is 5.29. The summed E-state index contributed by atoms with van der Waals surface area (Å²) < 4.78 is 5.30. The van der Waals surface area contributed by atoms with Crippen LogP contribution < -0.4 is 10.6 Å². The van der Waals surface area contributed by atoms with Crippen molar-refractivity contribution >= 4 is 28.7 Å². The zero-order chi connectivity index (χ0) is 28.1. The molecular formula is C29H34N8O3. The Morgan fingerprint density at radius 3 is 2.62 bits per heavy atom. The molecule has 1 atom stereocenters. The number of H-pyrrole nitrogens is 1. The van der Waals surface area contributed by atoms with Gasteiger partial charge < -0.3 is 20.1 Å². The molecule has 1 saturated heterocycles. The molecule has 2 amide bonds. The first-order chi connectivity index (χ1) is 19.2. The monoisotopic (exact) mass is 542 g/mol. The number of carbonyl (C=O) groups excluding carboxylic acids is 2. The molecule has 0 radical (unpaired) electrons. The van der Waals surface area contributed by atoms with Crippen molar-refractivity contribution in [3.8, 4) is 11.1 Å². The molecule has 208 valence electrons. The Bertz CT molecular complexity index is 1560. The number of nitrogens with zero attached hydrogens (tertiary/aromatic N) is 5. The average molecular weight is 543 g/mol. The Morgan fingerprint density at radius 1 is 1.18 bits per heavy atom. The molecule has 11 heteroatoms. The molecule has 4 heterocycles. The number of aromatic nitrogens is 5. The highest BCUT2D eigenvalue weighted by Crippen LogP contribution is 2.46. The lowest BCUT2D eigenvalue weighted by molar-refractivity contribution is -0.129. The fraction of sp³-hybridized carbons (Fsp3) is 0.448. The van der Waals surface area contributed by atoms with E-state index >= 15 is 0 Å². The zero-order valence-electron chi connectivity index (χ0n) is 23.2. The summed E-state index contributed by atoms with van der Waals surface area (Å²) in [5.41, 5.74) is 2.99. The van der Waals surface area contributed by atoms with Crippen molar-refractivity contribution in [3.05, 3.63) is 53.8 Å². The summed E-state index contributed by atoms with van der Waals surface area (Å²) in [5, 5.41) is 19.0. The van der Waals surface area contributed by atoms with E-state index in [9.17, 15) is 9.59 Å². The zero-order valence-corrected chi connectivity index (χ0v) is 23.2. The Hall–Kier alpha value is -4.28. The molecule has 3 aromatic heterocycles. The number of hydrogen-bond acceptors (Lipinski definition) is 8. The van der Waals surface area contributed by atoms with E-state index in [1.807, 2.05) is 38.7 Å². The minimum Gasteiger partial charge on any atom is -0.363 e. The molecular weight excluding hydrogens is 508 g/mol. The maximum Gasteiger partial charge on any atom is 0.293 e. The van der Waals surface area contributed by atoms with Gasteiger partial charge in [0.2, 0.25) is 11.8 Å². The van der Waals surface area contributed by atoms with Crippen LogP contribution in [-0.4, -0.2) is 61.2 Å². The van der Waals surface area contributed by atoms with Gasteiger partial charge in [-0.15, -0.1) is 0 Å². The number of benzene rings is 1. The maximum atomic E-state index is 12.9. The third-order valence-corrected chi connectivity index (χ3v) is 7.77. The molecule has 4 aromatic rings. The van der Waals surface area contributed by atoms with Gasteiger partial charge in [-0.1, -0.05) is 57.1 Å². The predicted molar refractivity (Wildman–Crippen MR) is 150 cm³/mol. The van der Waals surface area contributed by atoms with Gasteiger partial charge in [-0.25, -0.2) is 4.98 Å². The summed E-state index contributed by atoms with van der Waals surface area (Å²) in [4.78, 5) is 35.7. The molecule has 2 aliphatic rings. The second-order valence-corrected chi connectivity index (χ2v) is 11.8. The van der Waals surface area contributed by atoms with Crippen LogP contribution in [0.3, 0.4) is 0 Å². The first kappa shape index (κ1) is 26.0. The van der Waals surface area contributed by atoms with Crippen LogP contribution in [0.4, 0.5) is 5.82 Å². The van der Waals surface area contributed by atoms with Crippen LogP contribution in [0.25, 0.3) is 22.2 Å². The number of hydrogen-bond donors (Lipinski definition) is 3. The van der Waals surface area contributed by atoms with Crippen LogP contribution in [0.15, 0.2) is 41.1 Å². The molecule has 1 aliphatic heterocycles. The highest BCUT2D eigenvalue weighted by Gasteiger charge is 2.46. The van der Waals surface area contributed by atoms with Gasteiger partial charge in [-0.2, -0.15) is 10.1 Å². The number of carbonyl (C=O) groups is 2. The number of nitrogens with one attached hydrogen (secondary N) is 3. The van der Waals surface area contributed by atoms with E-state index in [-0.39, 0.29) is 29.1 Å². The van der Waals surface area contributed by atoms with Crippen LogP contribution in [0, 0.1) is 0 Å². The van der Waals surface area contributed by atoms with E-state index in [2.05, 4.69) is 60.2 Å². The van der Waals surface area contributed by atoms with Crippen LogP contribution in [0.2, 0.25) is 0 Å². The SMILES string of the molecule is CCC(=O)N1CC[C@@H](Nc2n[nH]c3nccc(-c4ccc(C5(NC(=O)c6noc(C(C)(C)C)n6)CC5)cc4)c23)C1. The molecule has 40 heavy (non-hydrogen) atoms. The molecule has 3 N–H and O–H groups in total. The number of likely N-dealkylation sites (tertiary alicyclic amines) is 1. The molecule has 11 nitrogen and oxygen atoms in total. The number of rotatable bonds is 7. The lowest BCUT2D eigenvalue weighted by atomic mass is 9.97. The quantitative estimate of drug-likeness (QED) is 0.316. The van der Waals surface area contributed by atoms with Crippen molar-refractivity contribution in [2.75, 3.05) is 18.4 Å². The molecule has 0 unspecified atom stereocenters. The minimum absolute atomic E-state index is 0.0522. The summed E-state index contributed by atoms with van der Waals surface area (Å²) in [6.07, 6.45) is 4.85. The number of pyridine rings is 1. The largest absolute Gasteiger partial charge is 0.363 e. The summed E-state index contributed by atoms with van der Waals surface area (Å²) in [5.74, 6) is 1.06. The Labute approximate surface area is 232 Å². The standard InChI is InChI=1S/C29H34N8O3/c1-5-21(38)37-15-11-19(16-37)31-24-22-20(10-14-30-23(22)34-35-24)17-6-8-18(9-7-17)29(12-13-29)33-26(39)25-32-27(40-36-25)28(2,3)4/h6-10,14,19H,5,11-13,15-16H2,1-4H3,(H,33,39)(H2,30,31,34,35)/t19-/m1/s1. The number of anilines is 1. The van der Waals surface area contributed by atoms with Crippen molar-refractivity contribution in [3.63, 3.8) is 0 Å². The number of aromatic amines is 1. The van der Waals surface area contributed by atoms with Gasteiger partial charge in [0.15, 0.2) is 11.5 Å². The third-order valence-electron chi connectivity index (χ3n) is 7.77. The Balaban J connectivity index is 1.20. The lowest BCUT2D eigenvalue weighted by Crippen LogP contribution is -2.35. The molecule has 1 aromatic carbocycles. The van der Waals surface area contributed by atoms with Gasteiger partial charge in [-0.3, -0.25) is 14.7 Å². The molecule has 0 spiro atoms. The highest BCUT2D eigenvalue weighted by atomic mass is 16.5. The van der Waals surface area contributed by atoms with Gasteiger partial charge in [0.25, 0.3) is 11.7 Å². The van der Waals surface area contributed by atoms with Gasteiger partial charge in [0.1, 0.15) is 0 Å². The average Bonchev–Trinajstić information content (AvgIpc) is 3.33. The fourth-order valence-electron chi connectivity index (χ4n) is 5.29. The molecule has 1 aliphatic carbocycles. The van der Waals surface area contributed by atoms with Crippen LogP contribution in [0.1, 0.15) is 75.5 Å². The van der Waals surface area contributed by atoms with Gasteiger partial charge in [0.05, 0.1) is 10.9 Å². The van der Waals surface area contributed by atoms with Crippen molar-refractivity contribution in [2.24, 2.45) is 0 Å². The van der Waals surface area contributed by atoms with Crippen molar-refractivity contribution < 1.29 is 14.1 Å². The summed E-state index contributed by atoms with van der Waals surface area (Å²) in [6, 6.07) is 10.4. The summed E-state index contributed by atoms with van der Waals surface area (Å²) in [7, 11) is 0. The van der Waals surface area contributed by atoms with Gasteiger partial charge in [-0.05, 0) is 42.0 Å². The Kier molecular flexibility index (Phi) is 6.31. The number of amides is 2. The predicted octanol–water partition coefficient (Wildman–Crippen LogP) is 4.15. The van der Waals surface area contributed by atoms with Crippen molar-refractivity contribution in [1.82, 2.24) is 35.5 Å². The smallest absolute Gasteiger partial charge is 0.293 e. The van der Waals surface area contributed by atoms with Crippen LogP contribution >= 0.6 is 0 Å². The second-order valence-electron chi connectivity index (χ2n) is 11.8. The van der Waals surface area contributed by atoms with Crippen LogP contribution in [0.5, 0.6) is 0 Å². The molecule has 2 fully saturated rings. The van der Waals surface area contributed by atoms with Gasteiger partial charge in [0, 0.05) is 37.2 Å². The van der Waals surface area contributed by atoms with E-state index in [4.69, 9.17) is 4.52 Å². The van der Waals surface area contributed by atoms with Crippen molar-refractivity contribution in [2.45, 2.75) is 70.4 Å². The van der Waals surface area contributed by atoms with Crippen LogP contribution in [-0.2, 0) is 15.7 Å². The topological polar surface area (TPSA) is 142 Å². The minimum atomic E-state index is -0.432. The maximum absolute atomic E-state index is 12.9. The van der Waals surface area contributed by atoms with E-state index in [1.54, 1.807) is 6.20 Å². The molecule has 1 saturated carbocycles. The molecule has 6 rings (SSSR count). The first-order valence-electron chi connectivity index (χ1n) is 13.8. The number of fused-ring (bicyclic) bond motifs is 1. The highest BCUT2D eigenvalue weighted by molar-refractivity contribution is 6.00. The van der Waals surface area contributed by atoms with E-state index in [1.165, 1.54) is 0 Å². The lowest BCUT2D eigenvalue weighted by Gasteiger charge is -2.18. The summed E-state index contributed by atoms with van der Waals surface area (Å²) >= 11 is 0. The van der Waals surface area contributed by atoms with E-state index in [0.29, 0.717) is 24.5 Å². The van der Waals surface area contributed by atoms with Gasteiger partial charge >= 0.3 is 0 Å². The molecule has 0 bridgehead atoms. The van der Waals surface area contributed by atoms with E-state index < -0.39 is 5.54 Å². The third kappa shape index (κ3) is 4.80. The second kappa shape index (κ2) is 9.72. The van der Waals surface area contributed by atoms with Crippen molar-refractivity contribution in [1.29, 1.82) is 0 Å². The Morgan fingerprint density at radius 2 is 1.95 bits per heavy atom. The van der Waals surface area contributed by atoms with E-state index in [0.717, 1.165) is 53.7 Å². The first-order valence-corrected chi connectivity index (χ1v) is 13.8.